The molecule has 7 heteroatoms. The van der Waals surface area contributed by atoms with E-state index in [4.69, 9.17) is 4.74 Å². The van der Waals surface area contributed by atoms with Crippen LogP contribution in [0.3, 0.4) is 0 Å². The summed E-state index contributed by atoms with van der Waals surface area (Å²) in [6.45, 7) is 3.98. The third kappa shape index (κ3) is 2.69. The summed E-state index contributed by atoms with van der Waals surface area (Å²) in [5.41, 5.74) is 0.834. The normalized spacial score (nSPS) is 19.6. The SMILES string of the molecule is COC(=O)C1CCCN1C(=O)c1ccc2c(c1)C(=O)N(C(C)C)C2=O. The minimum absolute atomic E-state index is 0.235. The third-order valence-electron chi connectivity index (χ3n) is 4.67. The van der Waals surface area contributed by atoms with Crippen LogP contribution in [-0.2, 0) is 9.53 Å². The number of ether oxygens (including phenoxy) is 1. The number of imide groups is 1. The van der Waals surface area contributed by atoms with E-state index in [0.29, 0.717) is 24.1 Å². The molecular weight excluding hydrogens is 324 g/mol. The first-order valence-corrected chi connectivity index (χ1v) is 8.27. The van der Waals surface area contributed by atoms with Crippen molar-refractivity contribution in [3.8, 4) is 0 Å². The molecule has 1 fully saturated rings. The molecule has 2 aliphatic heterocycles. The Kier molecular flexibility index (Phi) is 4.32. The standard InChI is InChI=1S/C18H20N2O5/c1-10(2)20-16(22)12-7-6-11(9-13(12)17(20)23)15(21)19-8-4-5-14(19)18(24)25-3/h6-7,9-10,14H,4-5,8H2,1-3H3. The molecule has 0 bridgehead atoms. The molecular formula is C18H20N2O5. The number of nitrogens with zero attached hydrogens (tertiary/aromatic N) is 2. The van der Waals surface area contributed by atoms with Crippen molar-refractivity contribution in [2.24, 2.45) is 0 Å². The Morgan fingerprint density at radius 1 is 1.16 bits per heavy atom. The fraction of sp³-hybridized carbons (Fsp3) is 0.444. The summed E-state index contributed by atoms with van der Waals surface area (Å²) in [7, 11) is 1.30. The van der Waals surface area contributed by atoms with Gasteiger partial charge in [-0.1, -0.05) is 0 Å². The summed E-state index contributed by atoms with van der Waals surface area (Å²) >= 11 is 0. The lowest BCUT2D eigenvalue weighted by molar-refractivity contribution is -0.145. The Morgan fingerprint density at radius 2 is 1.84 bits per heavy atom. The van der Waals surface area contributed by atoms with Gasteiger partial charge in [-0.25, -0.2) is 4.79 Å². The average Bonchev–Trinajstić information content (AvgIpc) is 3.17. The largest absolute Gasteiger partial charge is 0.467 e. The van der Waals surface area contributed by atoms with Crippen LogP contribution in [0.4, 0.5) is 0 Å². The fourth-order valence-corrected chi connectivity index (χ4v) is 3.42. The van der Waals surface area contributed by atoms with Gasteiger partial charge in [0.25, 0.3) is 17.7 Å². The van der Waals surface area contributed by atoms with Crippen molar-refractivity contribution in [3.05, 3.63) is 34.9 Å². The molecule has 0 radical (unpaired) electrons. The summed E-state index contributed by atoms with van der Waals surface area (Å²) in [4.78, 5) is 52.1. The summed E-state index contributed by atoms with van der Waals surface area (Å²) in [5, 5.41) is 0. The molecule has 2 aliphatic rings. The zero-order chi connectivity index (χ0) is 18.3. The van der Waals surface area contributed by atoms with Crippen molar-refractivity contribution in [1.29, 1.82) is 0 Å². The zero-order valence-electron chi connectivity index (χ0n) is 14.4. The van der Waals surface area contributed by atoms with Gasteiger partial charge in [-0.3, -0.25) is 19.3 Å². The minimum atomic E-state index is -0.602. The highest BCUT2D eigenvalue weighted by molar-refractivity contribution is 6.22. The van der Waals surface area contributed by atoms with Crippen LogP contribution in [-0.4, -0.2) is 59.2 Å². The van der Waals surface area contributed by atoms with Crippen molar-refractivity contribution >= 4 is 23.7 Å². The molecule has 1 aromatic carbocycles. The van der Waals surface area contributed by atoms with E-state index in [-0.39, 0.29) is 23.4 Å². The molecule has 0 spiro atoms. The smallest absolute Gasteiger partial charge is 0.328 e. The number of esters is 1. The van der Waals surface area contributed by atoms with Crippen LogP contribution in [0.15, 0.2) is 18.2 Å². The molecule has 3 rings (SSSR count). The molecule has 1 saturated heterocycles. The van der Waals surface area contributed by atoms with Crippen molar-refractivity contribution in [2.45, 2.75) is 38.8 Å². The van der Waals surface area contributed by atoms with Crippen LogP contribution in [0.2, 0.25) is 0 Å². The number of hydrogen-bond acceptors (Lipinski definition) is 5. The van der Waals surface area contributed by atoms with E-state index >= 15 is 0 Å². The highest BCUT2D eigenvalue weighted by Gasteiger charge is 2.39. The number of methoxy groups -OCH3 is 1. The maximum atomic E-state index is 12.8. The number of amides is 3. The van der Waals surface area contributed by atoms with Crippen molar-refractivity contribution in [2.75, 3.05) is 13.7 Å². The van der Waals surface area contributed by atoms with Gasteiger partial charge in [0, 0.05) is 18.2 Å². The Bertz CT molecular complexity index is 771. The van der Waals surface area contributed by atoms with Crippen molar-refractivity contribution in [3.63, 3.8) is 0 Å². The summed E-state index contributed by atoms with van der Waals surface area (Å²) < 4.78 is 4.76. The second kappa shape index (κ2) is 6.31. The Hall–Kier alpha value is -2.70. The third-order valence-corrected chi connectivity index (χ3v) is 4.67. The molecule has 132 valence electrons. The molecule has 0 aromatic heterocycles. The van der Waals surface area contributed by atoms with E-state index in [2.05, 4.69) is 0 Å². The van der Waals surface area contributed by atoms with Gasteiger partial charge in [0.2, 0.25) is 0 Å². The van der Waals surface area contributed by atoms with Crippen LogP contribution in [0.1, 0.15) is 57.8 Å². The predicted molar refractivity (Wildman–Crippen MR) is 88.2 cm³/mol. The van der Waals surface area contributed by atoms with E-state index in [9.17, 15) is 19.2 Å². The van der Waals surface area contributed by atoms with E-state index < -0.39 is 17.9 Å². The minimum Gasteiger partial charge on any atom is -0.467 e. The summed E-state index contributed by atoms with van der Waals surface area (Å²) in [6, 6.07) is 3.63. The van der Waals surface area contributed by atoms with Crippen LogP contribution >= 0.6 is 0 Å². The van der Waals surface area contributed by atoms with Gasteiger partial charge >= 0.3 is 5.97 Å². The number of rotatable bonds is 3. The fourth-order valence-electron chi connectivity index (χ4n) is 3.42. The average molecular weight is 344 g/mol. The Balaban J connectivity index is 1.91. The lowest BCUT2D eigenvalue weighted by Gasteiger charge is -2.22. The van der Waals surface area contributed by atoms with Gasteiger partial charge in [-0.05, 0) is 44.9 Å². The first-order valence-electron chi connectivity index (χ1n) is 8.27. The molecule has 1 unspecified atom stereocenters. The maximum absolute atomic E-state index is 12.8. The molecule has 0 aliphatic carbocycles. The summed E-state index contributed by atoms with van der Waals surface area (Å²) in [5.74, 6) is -1.51. The topological polar surface area (TPSA) is 84.0 Å². The van der Waals surface area contributed by atoms with Crippen LogP contribution in [0, 0.1) is 0 Å². The number of benzene rings is 1. The predicted octanol–water partition coefficient (Wildman–Crippen LogP) is 1.47. The molecule has 7 nitrogen and oxygen atoms in total. The molecule has 3 amide bonds. The van der Waals surface area contributed by atoms with Gasteiger partial charge < -0.3 is 9.64 Å². The first kappa shape index (κ1) is 17.1. The van der Waals surface area contributed by atoms with E-state index in [1.165, 1.54) is 35.1 Å². The number of hydrogen-bond donors (Lipinski definition) is 0. The van der Waals surface area contributed by atoms with Gasteiger partial charge in [-0.15, -0.1) is 0 Å². The van der Waals surface area contributed by atoms with Gasteiger partial charge in [0.05, 0.1) is 18.2 Å². The molecule has 2 heterocycles. The second-order valence-electron chi connectivity index (χ2n) is 6.51. The molecule has 0 N–H and O–H groups in total. The van der Waals surface area contributed by atoms with Crippen molar-refractivity contribution < 1.29 is 23.9 Å². The van der Waals surface area contributed by atoms with Crippen LogP contribution in [0.5, 0.6) is 0 Å². The quantitative estimate of drug-likeness (QED) is 0.612. The van der Waals surface area contributed by atoms with E-state index in [1.54, 1.807) is 13.8 Å². The highest BCUT2D eigenvalue weighted by atomic mass is 16.5. The highest BCUT2D eigenvalue weighted by Crippen LogP contribution is 2.27. The monoisotopic (exact) mass is 344 g/mol. The van der Waals surface area contributed by atoms with Crippen molar-refractivity contribution in [1.82, 2.24) is 9.80 Å². The Morgan fingerprint density at radius 3 is 2.48 bits per heavy atom. The zero-order valence-corrected chi connectivity index (χ0v) is 14.4. The maximum Gasteiger partial charge on any atom is 0.328 e. The van der Waals surface area contributed by atoms with Gasteiger partial charge in [0.1, 0.15) is 6.04 Å². The number of likely N-dealkylation sites (tertiary alicyclic amines) is 1. The number of carbonyl (C=O) groups excluding carboxylic acids is 4. The molecule has 0 saturated carbocycles. The number of fused-ring (bicyclic) bond motifs is 1. The van der Waals surface area contributed by atoms with Gasteiger partial charge in [0.15, 0.2) is 0 Å². The van der Waals surface area contributed by atoms with Gasteiger partial charge in [-0.2, -0.15) is 0 Å². The van der Waals surface area contributed by atoms with E-state index in [0.717, 1.165) is 6.42 Å². The lowest BCUT2D eigenvalue weighted by Crippen LogP contribution is -2.41. The Labute approximate surface area is 145 Å². The summed E-state index contributed by atoms with van der Waals surface area (Å²) in [6.07, 6.45) is 1.27. The second-order valence-corrected chi connectivity index (χ2v) is 6.51. The van der Waals surface area contributed by atoms with Crippen LogP contribution < -0.4 is 0 Å². The molecule has 25 heavy (non-hydrogen) atoms. The molecule has 1 aromatic rings. The van der Waals surface area contributed by atoms with E-state index in [1.807, 2.05) is 0 Å². The molecule has 1 atom stereocenters. The lowest BCUT2D eigenvalue weighted by atomic mass is 10.0. The van der Waals surface area contributed by atoms with Crippen LogP contribution in [0.25, 0.3) is 0 Å². The number of carbonyl (C=O) groups is 4. The first-order chi connectivity index (χ1) is 11.9.